The highest BCUT2D eigenvalue weighted by molar-refractivity contribution is 6.02. The highest BCUT2D eigenvalue weighted by atomic mass is 16.3. The summed E-state index contributed by atoms with van der Waals surface area (Å²) >= 11 is 0. The summed E-state index contributed by atoms with van der Waals surface area (Å²) in [4.78, 5) is 35.6. The maximum atomic E-state index is 12.9. The summed E-state index contributed by atoms with van der Waals surface area (Å²) in [6.45, 7) is 1.69. The summed E-state index contributed by atoms with van der Waals surface area (Å²) < 4.78 is 2.09. The van der Waals surface area contributed by atoms with Gasteiger partial charge in [-0.15, -0.1) is 10.2 Å². The first kappa shape index (κ1) is 21.2. The Labute approximate surface area is 190 Å². The molecular weight excluding hydrogens is 422 g/mol. The predicted octanol–water partition coefficient (Wildman–Crippen LogP) is 1.59. The summed E-state index contributed by atoms with van der Waals surface area (Å²) in [6, 6.07) is 7.13. The number of carbonyl (C=O) groups excluding carboxylic acids is 2. The summed E-state index contributed by atoms with van der Waals surface area (Å²) in [7, 11) is 0. The number of aliphatic hydroxyl groups is 1. The van der Waals surface area contributed by atoms with Gasteiger partial charge in [0.15, 0.2) is 5.82 Å². The molecule has 3 aromatic rings. The van der Waals surface area contributed by atoms with Crippen LogP contribution in [-0.2, 0) is 30.7 Å². The van der Waals surface area contributed by atoms with E-state index in [-0.39, 0.29) is 30.5 Å². The molecular formula is C23H25N7O3. The first-order chi connectivity index (χ1) is 16.1. The molecule has 10 heteroatoms. The van der Waals surface area contributed by atoms with Crippen molar-refractivity contribution in [3.63, 3.8) is 0 Å². The van der Waals surface area contributed by atoms with Crippen LogP contribution in [0.2, 0.25) is 0 Å². The van der Waals surface area contributed by atoms with Crippen LogP contribution in [0, 0.1) is 0 Å². The van der Waals surface area contributed by atoms with Crippen molar-refractivity contribution in [3.8, 4) is 11.5 Å². The van der Waals surface area contributed by atoms with Crippen molar-refractivity contribution < 1.29 is 14.7 Å². The minimum absolute atomic E-state index is 0.0948. The maximum Gasteiger partial charge on any atom is 0.275 e. The van der Waals surface area contributed by atoms with Crippen LogP contribution in [0.4, 0.5) is 5.82 Å². The first-order valence-electron chi connectivity index (χ1n) is 11.2. The minimum atomic E-state index is -0.371. The molecule has 0 atom stereocenters. The Bertz CT molecular complexity index is 1210. The van der Waals surface area contributed by atoms with Gasteiger partial charge in [-0.05, 0) is 48.6 Å². The molecule has 2 N–H and O–H groups in total. The predicted molar refractivity (Wildman–Crippen MR) is 119 cm³/mol. The average molecular weight is 447 g/mol. The van der Waals surface area contributed by atoms with E-state index in [1.165, 1.54) is 0 Å². The van der Waals surface area contributed by atoms with E-state index in [2.05, 4.69) is 30.0 Å². The van der Waals surface area contributed by atoms with Crippen LogP contribution in [0.1, 0.15) is 46.7 Å². The molecule has 2 aliphatic rings. The third-order valence-corrected chi connectivity index (χ3v) is 6.09. The van der Waals surface area contributed by atoms with E-state index in [4.69, 9.17) is 5.11 Å². The van der Waals surface area contributed by atoms with E-state index in [0.29, 0.717) is 36.8 Å². The molecule has 0 saturated carbocycles. The van der Waals surface area contributed by atoms with E-state index in [1.54, 1.807) is 23.2 Å². The summed E-state index contributed by atoms with van der Waals surface area (Å²) in [6.07, 6.45) is 5.59. The Hall–Kier alpha value is -3.66. The van der Waals surface area contributed by atoms with Gasteiger partial charge in [0, 0.05) is 38.7 Å². The van der Waals surface area contributed by atoms with Crippen LogP contribution >= 0.6 is 0 Å². The van der Waals surface area contributed by atoms with Gasteiger partial charge in [-0.3, -0.25) is 14.6 Å². The van der Waals surface area contributed by atoms with Crippen LogP contribution in [0.25, 0.3) is 11.5 Å². The molecule has 5 rings (SSSR count). The highest BCUT2D eigenvalue weighted by Gasteiger charge is 2.23. The second-order valence-electron chi connectivity index (χ2n) is 8.29. The molecule has 0 aliphatic carbocycles. The first-order valence-corrected chi connectivity index (χ1v) is 11.2. The Morgan fingerprint density at radius 1 is 1.09 bits per heavy atom. The minimum Gasteiger partial charge on any atom is -0.396 e. The number of aromatic nitrogens is 5. The van der Waals surface area contributed by atoms with Crippen LogP contribution in [-0.4, -0.2) is 59.7 Å². The fourth-order valence-electron chi connectivity index (χ4n) is 4.34. The molecule has 170 valence electrons. The second-order valence-corrected chi connectivity index (χ2v) is 8.29. The smallest absolute Gasteiger partial charge is 0.275 e. The van der Waals surface area contributed by atoms with Crippen LogP contribution in [0.5, 0.6) is 0 Å². The standard InChI is InChI=1S/C23H25N7O3/c31-11-8-21(32)29-10-7-15-13-24-18(12-16(15)14-29)23(33)26-19-5-3-4-17(25-19)22-28-27-20-6-1-2-9-30(20)22/h3-5,12-13,31H,1-2,6-11,14H2,(H,25,26,33). The number of anilines is 1. The lowest BCUT2D eigenvalue weighted by Crippen LogP contribution is -2.36. The lowest BCUT2D eigenvalue weighted by atomic mass is 10.0. The average Bonchev–Trinajstić information content (AvgIpc) is 3.28. The van der Waals surface area contributed by atoms with E-state index >= 15 is 0 Å². The van der Waals surface area contributed by atoms with Gasteiger partial charge >= 0.3 is 0 Å². The summed E-state index contributed by atoms with van der Waals surface area (Å²) in [5.74, 6) is 1.62. The normalized spacial score (nSPS) is 15.0. The fraction of sp³-hybridized carbons (Fsp3) is 0.391. The largest absolute Gasteiger partial charge is 0.396 e. The number of carbonyl (C=O) groups is 2. The zero-order chi connectivity index (χ0) is 22.8. The number of aryl methyl sites for hydroxylation is 1. The lowest BCUT2D eigenvalue weighted by Gasteiger charge is -2.28. The van der Waals surface area contributed by atoms with Crippen LogP contribution in [0.15, 0.2) is 30.5 Å². The van der Waals surface area contributed by atoms with Gasteiger partial charge in [-0.2, -0.15) is 0 Å². The van der Waals surface area contributed by atoms with Gasteiger partial charge in [0.1, 0.15) is 23.0 Å². The summed E-state index contributed by atoms with van der Waals surface area (Å²) in [5, 5.41) is 20.4. The Kier molecular flexibility index (Phi) is 5.82. The molecule has 0 radical (unpaired) electrons. The molecule has 0 aromatic carbocycles. The number of pyridine rings is 2. The van der Waals surface area contributed by atoms with Gasteiger partial charge in [-0.25, -0.2) is 4.98 Å². The van der Waals surface area contributed by atoms with Crippen molar-refractivity contribution in [2.45, 2.75) is 45.2 Å². The van der Waals surface area contributed by atoms with E-state index < -0.39 is 0 Å². The maximum absolute atomic E-state index is 12.9. The number of amides is 2. The van der Waals surface area contributed by atoms with Crippen LogP contribution < -0.4 is 5.32 Å². The molecule has 0 spiro atoms. The molecule has 0 fully saturated rings. The van der Waals surface area contributed by atoms with Gasteiger partial charge in [0.25, 0.3) is 5.91 Å². The number of rotatable bonds is 5. The van der Waals surface area contributed by atoms with Gasteiger partial charge in [-0.1, -0.05) is 6.07 Å². The molecule has 5 heterocycles. The molecule has 3 aromatic heterocycles. The third kappa shape index (κ3) is 4.34. The molecule has 10 nitrogen and oxygen atoms in total. The molecule has 0 saturated heterocycles. The lowest BCUT2D eigenvalue weighted by molar-refractivity contribution is -0.132. The fourth-order valence-corrected chi connectivity index (χ4v) is 4.34. The second kappa shape index (κ2) is 9.07. The topological polar surface area (TPSA) is 126 Å². The van der Waals surface area contributed by atoms with Crippen molar-refractivity contribution >= 4 is 17.6 Å². The number of hydrogen-bond donors (Lipinski definition) is 2. The van der Waals surface area contributed by atoms with Gasteiger partial charge in [0.2, 0.25) is 5.91 Å². The molecule has 2 amide bonds. The highest BCUT2D eigenvalue weighted by Crippen LogP contribution is 2.23. The van der Waals surface area contributed by atoms with Crippen LogP contribution in [0.3, 0.4) is 0 Å². The number of aliphatic hydroxyl groups excluding tert-OH is 1. The molecule has 2 aliphatic heterocycles. The van der Waals surface area contributed by atoms with Crippen molar-refractivity contribution in [1.82, 2.24) is 29.6 Å². The Balaban J connectivity index is 1.33. The Morgan fingerprint density at radius 2 is 2.00 bits per heavy atom. The van der Waals surface area contributed by atoms with E-state index in [0.717, 1.165) is 42.8 Å². The van der Waals surface area contributed by atoms with Crippen molar-refractivity contribution in [1.29, 1.82) is 0 Å². The van der Waals surface area contributed by atoms with Crippen molar-refractivity contribution in [2.24, 2.45) is 0 Å². The number of nitrogens with zero attached hydrogens (tertiary/aromatic N) is 6. The summed E-state index contributed by atoms with van der Waals surface area (Å²) in [5.41, 5.74) is 2.84. The number of fused-ring (bicyclic) bond motifs is 2. The SMILES string of the molecule is O=C(Nc1cccc(-c2nnc3n2CCCC3)n1)c1cc2c(cn1)CCN(C(=O)CCO)C2. The van der Waals surface area contributed by atoms with Gasteiger partial charge < -0.3 is 19.9 Å². The Morgan fingerprint density at radius 3 is 2.88 bits per heavy atom. The number of hydrogen-bond acceptors (Lipinski definition) is 7. The molecule has 33 heavy (non-hydrogen) atoms. The number of nitrogens with one attached hydrogen (secondary N) is 1. The molecule has 0 unspecified atom stereocenters. The zero-order valence-corrected chi connectivity index (χ0v) is 18.2. The quantitative estimate of drug-likeness (QED) is 0.608. The zero-order valence-electron chi connectivity index (χ0n) is 18.2. The van der Waals surface area contributed by atoms with Crippen molar-refractivity contribution in [3.05, 3.63) is 53.1 Å². The van der Waals surface area contributed by atoms with E-state index in [9.17, 15) is 9.59 Å². The molecule has 0 bridgehead atoms. The third-order valence-electron chi connectivity index (χ3n) is 6.09. The monoisotopic (exact) mass is 447 g/mol. The van der Waals surface area contributed by atoms with E-state index in [1.807, 2.05) is 12.1 Å². The van der Waals surface area contributed by atoms with Gasteiger partial charge in [0.05, 0.1) is 6.61 Å². The van der Waals surface area contributed by atoms with Crippen molar-refractivity contribution in [2.75, 3.05) is 18.5 Å².